The molecule has 9 rings (SSSR count). The van der Waals surface area contributed by atoms with Crippen LogP contribution in [0, 0.1) is 19.3 Å². The van der Waals surface area contributed by atoms with Crippen LogP contribution in [0.5, 0.6) is 0 Å². The molecule has 1 aliphatic carbocycles. The van der Waals surface area contributed by atoms with Crippen molar-refractivity contribution in [2.24, 2.45) is 12.5 Å². The molecule has 0 unspecified atom stereocenters. The summed E-state index contributed by atoms with van der Waals surface area (Å²) in [6, 6.07) is 22.6. The third kappa shape index (κ3) is 15.6. The van der Waals surface area contributed by atoms with Gasteiger partial charge < -0.3 is 50.2 Å². The minimum absolute atomic E-state index is 0.0405. The first-order valence-corrected chi connectivity index (χ1v) is 31.2. The molecular formula is C65H79N9O10S2. The Hall–Kier alpha value is -7.40. The Labute approximate surface area is 510 Å². The van der Waals surface area contributed by atoms with Gasteiger partial charge in [0.1, 0.15) is 24.7 Å². The van der Waals surface area contributed by atoms with E-state index in [1.54, 1.807) is 40.8 Å². The highest BCUT2D eigenvalue weighted by molar-refractivity contribution is 7.14. The van der Waals surface area contributed by atoms with Crippen molar-refractivity contribution in [1.29, 1.82) is 0 Å². The lowest BCUT2D eigenvalue weighted by atomic mass is 9.85. The number of β-amino-alcohol motifs (C(OH)–C–C–N with tert-alkyl or cyclic N) is 1. The first-order valence-electron chi connectivity index (χ1n) is 29.5. The van der Waals surface area contributed by atoms with E-state index >= 15 is 0 Å². The van der Waals surface area contributed by atoms with Gasteiger partial charge in [-0.1, -0.05) is 69.3 Å². The molecule has 4 atom stereocenters. The van der Waals surface area contributed by atoms with E-state index < -0.39 is 41.5 Å². The maximum absolute atomic E-state index is 14.1. The molecule has 5 heterocycles. The molecule has 0 saturated carbocycles. The number of aromatic nitrogens is 2. The minimum Gasteiger partial charge on any atom is -0.391 e. The molecule has 3 aromatic heterocycles. The lowest BCUT2D eigenvalue weighted by Crippen LogP contribution is -2.57. The number of piperazine rings is 1. The molecule has 86 heavy (non-hydrogen) atoms. The topological polar surface area (TPSA) is 234 Å². The van der Waals surface area contributed by atoms with Crippen LogP contribution in [0.25, 0.3) is 21.7 Å². The lowest BCUT2D eigenvalue weighted by molar-refractivity contribution is -0.144. The van der Waals surface area contributed by atoms with Crippen LogP contribution in [0.15, 0.2) is 95.2 Å². The summed E-state index contributed by atoms with van der Waals surface area (Å²) in [4.78, 5) is 107. The Morgan fingerprint density at radius 1 is 0.884 bits per heavy atom. The number of hydrogen-bond acceptors (Lipinski definition) is 15. The fourth-order valence-electron chi connectivity index (χ4n) is 11.2. The predicted molar refractivity (Wildman–Crippen MR) is 335 cm³/mol. The molecule has 6 aromatic rings. The number of ether oxygens (including phenoxy) is 2. The van der Waals surface area contributed by atoms with Crippen molar-refractivity contribution in [3.05, 3.63) is 138 Å². The highest BCUT2D eigenvalue weighted by Gasteiger charge is 2.44. The maximum atomic E-state index is 14.1. The van der Waals surface area contributed by atoms with Gasteiger partial charge >= 0.3 is 0 Å². The second-order valence-corrected chi connectivity index (χ2v) is 25.8. The fraction of sp³-hybridized carbons (Fsp3) is 0.446. The highest BCUT2D eigenvalue weighted by Crippen LogP contribution is 2.34. The largest absolute Gasteiger partial charge is 0.391 e. The number of thiophene rings is 2. The third-order valence-electron chi connectivity index (χ3n) is 16.2. The van der Waals surface area contributed by atoms with Crippen LogP contribution in [0.4, 0.5) is 17.2 Å². The zero-order chi connectivity index (χ0) is 61.2. The van der Waals surface area contributed by atoms with Gasteiger partial charge in [0, 0.05) is 98.5 Å². The summed E-state index contributed by atoms with van der Waals surface area (Å²) in [5.74, 6) is -1.53. The Bertz CT molecular complexity index is 3460. The number of anilines is 3. The number of benzene rings is 3. The van der Waals surface area contributed by atoms with E-state index in [4.69, 9.17) is 14.5 Å². The van der Waals surface area contributed by atoms with E-state index in [-0.39, 0.29) is 87.1 Å². The molecule has 456 valence electrons. The first kappa shape index (κ1) is 63.1. The van der Waals surface area contributed by atoms with Crippen LogP contribution in [0.1, 0.15) is 108 Å². The summed E-state index contributed by atoms with van der Waals surface area (Å²) in [5.41, 5.74) is 7.64. The number of hydrogen-bond donors (Lipinski definition) is 5. The second kappa shape index (κ2) is 28.4. The van der Waals surface area contributed by atoms with Crippen molar-refractivity contribution in [2.45, 2.75) is 117 Å². The van der Waals surface area contributed by atoms with E-state index in [1.807, 2.05) is 112 Å². The zero-order valence-electron chi connectivity index (χ0n) is 50.2. The number of carbonyl (C=O) groups is 6. The second-order valence-electron chi connectivity index (χ2n) is 23.7. The van der Waals surface area contributed by atoms with Gasteiger partial charge in [-0.05, 0) is 128 Å². The van der Waals surface area contributed by atoms with Crippen LogP contribution >= 0.6 is 22.7 Å². The normalized spacial score (nSPS) is 17.5. The van der Waals surface area contributed by atoms with E-state index in [0.29, 0.717) is 54.6 Å². The van der Waals surface area contributed by atoms with Crippen molar-refractivity contribution in [3.63, 3.8) is 0 Å². The number of rotatable bonds is 24. The van der Waals surface area contributed by atoms with Gasteiger partial charge in [-0.3, -0.25) is 38.5 Å². The predicted octanol–water partition coefficient (Wildman–Crippen LogP) is 8.13. The van der Waals surface area contributed by atoms with Gasteiger partial charge in [0.05, 0.1) is 29.9 Å². The van der Waals surface area contributed by atoms with Gasteiger partial charge in [0.15, 0.2) is 11.6 Å². The Balaban J connectivity index is 0.676. The molecule has 5 amide bonds. The van der Waals surface area contributed by atoms with E-state index in [2.05, 4.69) is 39.6 Å². The van der Waals surface area contributed by atoms with Crippen LogP contribution in [0.3, 0.4) is 0 Å². The van der Waals surface area contributed by atoms with Gasteiger partial charge in [-0.25, -0.2) is 4.98 Å². The number of aliphatic hydroxyl groups excluding tert-OH is 1. The number of nitrogens with zero attached hydrogens (tertiary/aromatic N) is 5. The average molecular weight is 1210 g/mol. The van der Waals surface area contributed by atoms with E-state index in [9.17, 15) is 38.7 Å². The maximum Gasteiger partial charge on any atom is 0.293 e. The number of fused-ring (bicyclic) bond motifs is 1. The Morgan fingerprint density at radius 3 is 2.38 bits per heavy atom. The first-order chi connectivity index (χ1) is 41.2. The molecule has 21 heteroatoms. The number of amides is 5. The van der Waals surface area contributed by atoms with E-state index in [0.717, 1.165) is 53.5 Å². The van der Waals surface area contributed by atoms with Gasteiger partial charge in [0.2, 0.25) is 23.6 Å². The molecule has 0 bridgehead atoms. The summed E-state index contributed by atoms with van der Waals surface area (Å²) in [6.07, 6.45) is 5.73. The summed E-state index contributed by atoms with van der Waals surface area (Å²) >= 11 is 3.24. The molecule has 3 aromatic carbocycles. The number of aliphatic hydroxyl groups is 1. The van der Waals surface area contributed by atoms with Gasteiger partial charge in [-0.15, -0.1) is 22.7 Å². The number of likely N-dealkylation sites (N-methyl/N-ethyl adjacent to an activating group) is 1. The van der Waals surface area contributed by atoms with Gasteiger partial charge in [-0.2, -0.15) is 0 Å². The summed E-state index contributed by atoms with van der Waals surface area (Å²) < 4.78 is 12.9. The monoisotopic (exact) mass is 1210 g/mol. The summed E-state index contributed by atoms with van der Waals surface area (Å²) in [6.45, 7) is 11.6. The smallest absolute Gasteiger partial charge is 0.293 e. The molecule has 3 aliphatic rings. The number of Topliss-reactive ketones (excluding diaryl/α,β-unsaturated/α-hetero) is 1. The van der Waals surface area contributed by atoms with Crippen molar-refractivity contribution in [2.75, 3.05) is 70.3 Å². The number of carbonyl (C=O) groups excluding carboxylic acids is 6. The number of ketones is 1. The summed E-state index contributed by atoms with van der Waals surface area (Å²) in [7, 11) is 3.59. The standard InChI is InChI=1S/C65H79N9O10S2/c1-40-26-33-85-57(40)44-19-17-42(18-20-44)36-66-60(78)52-35-48(76)37-74(52)63(81)58(65(3,4)5)70-55(77)25-31-84-39-47(75)13-11-30-83-32-29-73-28-27-71(6)56(62(73)80)43-21-23-46(24-22-43)67-59-64(82)72(7)38-51(68-59)49-14-10-15-50(41(49)2)69-61(79)54-34-45-12-8-9-16-53(45)86-54/h10,14-15,17-24,26,33-34,38,48,52,56,58,76H,8-9,11-13,16,25,27-32,35-37,39H2,1-7H3,(H,66,78)(H,67,68)(H,69,79)(H,70,77)/t48-,52+,56-,58-/m1/s1. The number of aryl methyl sites for hydroxylation is 4. The fourth-order valence-corrected chi connectivity index (χ4v) is 13.3. The van der Waals surface area contributed by atoms with Gasteiger partial charge in [0.25, 0.3) is 11.5 Å². The molecule has 19 nitrogen and oxygen atoms in total. The molecular weight excluding hydrogens is 1130 g/mol. The van der Waals surface area contributed by atoms with Crippen LogP contribution in [-0.4, -0.2) is 143 Å². The van der Waals surface area contributed by atoms with Crippen LogP contribution in [-0.2, 0) is 59.9 Å². The van der Waals surface area contributed by atoms with Crippen LogP contribution < -0.4 is 26.8 Å². The highest BCUT2D eigenvalue weighted by atomic mass is 32.1. The molecule has 2 fully saturated rings. The average Bonchev–Trinajstić information content (AvgIpc) is 3.21. The minimum atomic E-state index is -0.996. The lowest BCUT2D eigenvalue weighted by Gasteiger charge is -2.39. The number of likely N-dealkylation sites (tertiary alicyclic amines) is 1. The van der Waals surface area contributed by atoms with Crippen molar-refractivity contribution >= 4 is 75.2 Å². The van der Waals surface area contributed by atoms with Crippen molar-refractivity contribution < 1.29 is 43.3 Å². The molecule has 0 spiro atoms. The van der Waals surface area contributed by atoms with Crippen LogP contribution in [0.2, 0.25) is 0 Å². The van der Waals surface area contributed by atoms with Crippen molar-refractivity contribution in [3.8, 4) is 21.7 Å². The Morgan fingerprint density at radius 2 is 1.65 bits per heavy atom. The third-order valence-corrected chi connectivity index (χ3v) is 18.5. The molecule has 2 aliphatic heterocycles. The molecule has 0 radical (unpaired) electrons. The zero-order valence-corrected chi connectivity index (χ0v) is 51.8. The SMILES string of the molecule is Cc1ccsc1-c1ccc(CNC(=O)[C@@H]2C[C@@H](O)CN2C(=O)[C@@H](NC(=O)CCOCC(=O)CCCOCCN2CCN(C)[C@H](c3ccc(Nc4nc(-c5cccc(NC(=O)c6cc7c(s6)CCCC7)c5C)cn(C)c4=O)cc3)C2=O)C(C)(C)C)cc1. The van der Waals surface area contributed by atoms with Crippen molar-refractivity contribution in [1.82, 2.24) is 34.9 Å². The molecule has 5 N–H and O–H groups in total. The molecule has 2 saturated heterocycles. The quantitative estimate of drug-likeness (QED) is 0.0361. The van der Waals surface area contributed by atoms with E-state index in [1.165, 1.54) is 30.3 Å². The Kier molecular flexibility index (Phi) is 20.8. The summed E-state index contributed by atoms with van der Waals surface area (Å²) in [5, 5.41) is 24.7. The number of nitrogens with one attached hydrogen (secondary N) is 4.